The van der Waals surface area contributed by atoms with Gasteiger partial charge in [0.2, 0.25) is 0 Å². The van der Waals surface area contributed by atoms with Crippen molar-refractivity contribution in [3.8, 4) is 0 Å². The van der Waals surface area contributed by atoms with Gasteiger partial charge in [-0.1, -0.05) is 35.0 Å². The minimum absolute atomic E-state index is 0.0775. The summed E-state index contributed by atoms with van der Waals surface area (Å²) in [5, 5.41) is 12.4. The van der Waals surface area contributed by atoms with Gasteiger partial charge in [-0.15, -0.1) is 11.3 Å². The predicted molar refractivity (Wildman–Crippen MR) is 80.4 cm³/mol. The molecule has 0 bridgehead atoms. The second-order valence-electron chi connectivity index (χ2n) is 4.37. The number of fused-ring (bicyclic) bond motifs is 1. The van der Waals surface area contributed by atoms with Crippen molar-refractivity contribution in [2.75, 3.05) is 11.4 Å². The molecule has 102 valence electrons. The summed E-state index contributed by atoms with van der Waals surface area (Å²) in [6.45, 7) is 0.491. The number of halogens is 1. The summed E-state index contributed by atoms with van der Waals surface area (Å²) >= 11 is 7.15. The van der Waals surface area contributed by atoms with Gasteiger partial charge in [0, 0.05) is 18.5 Å². The van der Waals surface area contributed by atoms with Crippen LogP contribution in [0.3, 0.4) is 0 Å². The molecule has 0 saturated heterocycles. The number of anilines is 1. The predicted octanol–water partition coefficient (Wildman–Crippen LogP) is 3.63. The zero-order valence-electron chi connectivity index (χ0n) is 10.4. The molecule has 6 heteroatoms. The maximum Gasteiger partial charge on any atom is 0.268 e. The van der Waals surface area contributed by atoms with E-state index in [1.54, 1.807) is 17.0 Å². The lowest BCUT2D eigenvalue weighted by atomic mass is 9.99. The number of thiophene rings is 1. The third-order valence-corrected chi connectivity index (χ3v) is 4.45. The van der Waals surface area contributed by atoms with Crippen molar-refractivity contribution in [3.05, 3.63) is 51.2 Å². The molecule has 1 aromatic carbocycles. The minimum atomic E-state index is -0.0775. The molecule has 0 atom stereocenters. The minimum Gasteiger partial charge on any atom is -0.411 e. The Balaban J connectivity index is 2.02. The first kappa shape index (κ1) is 13.1. The molecule has 0 aliphatic carbocycles. The standard InChI is InChI=1S/C14H11ClN2O2S/c15-13-6-5-12(20-13)14(18)17-8-7-10(16-19)9-3-1-2-4-11(9)17/h1-6,19H,7-8H2. The molecule has 3 rings (SSSR count). The molecule has 1 N–H and O–H groups in total. The molecule has 0 radical (unpaired) electrons. The van der Waals surface area contributed by atoms with Crippen molar-refractivity contribution in [2.24, 2.45) is 5.16 Å². The Kier molecular flexibility index (Phi) is 3.46. The molecule has 0 saturated carbocycles. The van der Waals surface area contributed by atoms with Gasteiger partial charge in [-0.3, -0.25) is 4.79 Å². The highest BCUT2D eigenvalue weighted by Crippen LogP contribution is 2.30. The van der Waals surface area contributed by atoms with Gasteiger partial charge in [-0.05, 0) is 18.2 Å². The lowest BCUT2D eigenvalue weighted by molar-refractivity contribution is 0.0991. The van der Waals surface area contributed by atoms with Gasteiger partial charge in [0.15, 0.2) is 0 Å². The molecule has 0 fully saturated rings. The Hall–Kier alpha value is -1.85. The Morgan fingerprint density at radius 2 is 2.10 bits per heavy atom. The van der Waals surface area contributed by atoms with Crippen molar-refractivity contribution in [1.29, 1.82) is 0 Å². The maximum atomic E-state index is 12.5. The second-order valence-corrected chi connectivity index (χ2v) is 6.09. The van der Waals surface area contributed by atoms with E-state index >= 15 is 0 Å². The summed E-state index contributed by atoms with van der Waals surface area (Å²) in [5.41, 5.74) is 2.16. The van der Waals surface area contributed by atoms with Gasteiger partial charge < -0.3 is 10.1 Å². The normalized spacial score (nSPS) is 16.2. The maximum absolute atomic E-state index is 12.5. The first-order valence-electron chi connectivity index (χ1n) is 6.08. The largest absolute Gasteiger partial charge is 0.411 e. The zero-order valence-corrected chi connectivity index (χ0v) is 12.0. The monoisotopic (exact) mass is 306 g/mol. The number of oxime groups is 1. The number of carbonyl (C=O) groups excluding carboxylic acids is 1. The van der Waals surface area contributed by atoms with Gasteiger partial charge in [0.05, 0.1) is 20.6 Å². The molecule has 1 aromatic heterocycles. The van der Waals surface area contributed by atoms with Crippen LogP contribution in [0.2, 0.25) is 4.34 Å². The van der Waals surface area contributed by atoms with Crippen LogP contribution < -0.4 is 4.90 Å². The van der Waals surface area contributed by atoms with Crippen LogP contribution in [-0.4, -0.2) is 23.4 Å². The highest BCUT2D eigenvalue weighted by atomic mass is 35.5. The Labute approximate surface area is 124 Å². The summed E-state index contributed by atoms with van der Waals surface area (Å²) in [4.78, 5) is 14.9. The van der Waals surface area contributed by atoms with Crippen LogP contribution >= 0.6 is 22.9 Å². The number of nitrogens with zero attached hydrogens (tertiary/aromatic N) is 2. The van der Waals surface area contributed by atoms with Crippen LogP contribution in [0, 0.1) is 0 Å². The van der Waals surface area contributed by atoms with Crippen LogP contribution in [0.5, 0.6) is 0 Å². The van der Waals surface area contributed by atoms with Crippen LogP contribution in [-0.2, 0) is 0 Å². The Bertz CT molecular complexity index is 696. The summed E-state index contributed by atoms with van der Waals surface area (Å²) in [7, 11) is 0. The molecule has 0 unspecified atom stereocenters. The molecular formula is C14H11ClN2O2S. The quantitative estimate of drug-likeness (QED) is 0.646. The van der Waals surface area contributed by atoms with Gasteiger partial charge in [-0.25, -0.2) is 0 Å². The molecule has 1 aliphatic rings. The molecule has 1 aliphatic heterocycles. The lowest BCUT2D eigenvalue weighted by Gasteiger charge is -2.29. The molecule has 2 aromatic rings. The van der Waals surface area contributed by atoms with E-state index in [2.05, 4.69) is 5.16 Å². The van der Waals surface area contributed by atoms with Crippen molar-refractivity contribution in [2.45, 2.75) is 6.42 Å². The summed E-state index contributed by atoms with van der Waals surface area (Å²) in [5.74, 6) is -0.0775. The molecule has 2 heterocycles. The molecule has 0 spiro atoms. The number of hydrogen-bond acceptors (Lipinski definition) is 4. The molecule has 1 amide bonds. The van der Waals surface area contributed by atoms with Crippen molar-refractivity contribution in [1.82, 2.24) is 0 Å². The zero-order chi connectivity index (χ0) is 14.1. The SMILES string of the molecule is O=C(c1ccc(Cl)s1)N1CCC(=NO)c2ccccc21. The first-order chi connectivity index (χ1) is 9.70. The summed E-state index contributed by atoms with van der Waals surface area (Å²) < 4.78 is 0.594. The summed E-state index contributed by atoms with van der Waals surface area (Å²) in [6.07, 6.45) is 0.526. The molecule has 4 nitrogen and oxygen atoms in total. The fourth-order valence-corrected chi connectivity index (χ4v) is 3.30. The highest BCUT2D eigenvalue weighted by Gasteiger charge is 2.27. The van der Waals surface area contributed by atoms with Crippen LogP contribution in [0.15, 0.2) is 41.6 Å². The van der Waals surface area contributed by atoms with Gasteiger partial charge >= 0.3 is 0 Å². The third-order valence-electron chi connectivity index (χ3n) is 3.23. The van der Waals surface area contributed by atoms with Crippen molar-refractivity contribution < 1.29 is 10.0 Å². The number of hydrogen-bond donors (Lipinski definition) is 1. The fourth-order valence-electron chi connectivity index (χ4n) is 2.30. The summed E-state index contributed by atoms with van der Waals surface area (Å²) in [6, 6.07) is 10.9. The van der Waals surface area contributed by atoms with Gasteiger partial charge in [0.1, 0.15) is 0 Å². The number of para-hydroxylation sites is 1. The van der Waals surface area contributed by atoms with Crippen molar-refractivity contribution >= 4 is 40.2 Å². The van der Waals surface area contributed by atoms with E-state index in [1.165, 1.54) is 11.3 Å². The average Bonchev–Trinajstić information content (AvgIpc) is 2.92. The van der Waals surface area contributed by atoms with Gasteiger partial charge in [0.25, 0.3) is 5.91 Å². The van der Waals surface area contributed by atoms with Crippen LogP contribution in [0.1, 0.15) is 21.7 Å². The number of rotatable bonds is 1. The topological polar surface area (TPSA) is 52.9 Å². The number of benzene rings is 1. The molecule has 20 heavy (non-hydrogen) atoms. The van der Waals surface area contributed by atoms with E-state index in [4.69, 9.17) is 16.8 Å². The Morgan fingerprint density at radius 3 is 2.80 bits per heavy atom. The number of amides is 1. The van der Waals surface area contributed by atoms with E-state index < -0.39 is 0 Å². The first-order valence-corrected chi connectivity index (χ1v) is 7.27. The van der Waals surface area contributed by atoms with Crippen molar-refractivity contribution in [3.63, 3.8) is 0 Å². The van der Waals surface area contributed by atoms with E-state index in [1.807, 2.05) is 24.3 Å². The highest BCUT2D eigenvalue weighted by molar-refractivity contribution is 7.18. The third kappa shape index (κ3) is 2.19. The molecular weight excluding hydrogens is 296 g/mol. The van der Waals surface area contributed by atoms with Crippen LogP contribution in [0.25, 0.3) is 0 Å². The smallest absolute Gasteiger partial charge is 0.268 e. The number of carbonyl (C=O) groups is 1. The lowest BCUT2D eigenvalue weighted by Crippen LogP contribution is -2.37. The van der Waals surface area contributed by atoms with Crippen LogP contribution in [0.4, 0.5) is 5.69 Å². The van der Waals surface area contributed by atoms with E-state index in [-0.39, 0.29) is 5.91 Å². The fraction of sp³-hybridized carbons (Fsp3) is 0.143. The van der Waals surface area contributed by atoms with E-state index in [0.29, 0.717) is 27.9 Å². The van der Waals surface area contributed by atoms with Gasteiger partial charge in [-0.2, -0.15) is 0 Å². The van der Waals surface area contributed by atoms with E-state index in [0.717, 1.165) is 11.3 Å². The Morgan fingerprint density at radius 1 is 1.30 bits per heavy atom. The second kappa shape index (κ2) is 5.26. The average molecular weight is 307 g/mol. The van der Waals surface area contributed by atoms with E-state index in [9.17, 15) is 4.79 Å².